The Kier molecular flexibility index (Phi) is 1.38. The third kappa shape index (κ3) is 2.55. The van der Waals surface area contributed by atoms with Crippen LogP contribution < -0.4 is 5.73 Å². The molecule has 0 atom stereocenters. The van der Waals surface area contributed by atoms with E-state index in [4.69, 9.17) is 9.85 Å². The van der Waals surface area contributed by atoms with E-state index in [1.165, 1.54) is 0 Å². The van der Waals surface area contributed by atoms with Crippen LogP contribution in [-0.4, -0.2) is 23.0 Å². The van der Waals surface area contributed by atoms with Crippen molar-refractivity contribution >= 4 is 5.96 Å². The largest absolute Gasteiger partial charge is 0.363 e. The lowest BCUT2D eigenvalue weighted by atomic mass is 10.9. The van der Waals surface area contributed by atoms with Gasteiger partial charge in [0, 0.05) is 11.1 Å². The third-order valence-electron chi connectivity index (χ3n) is 0.483. The molecule has 0 saturated carbocycles. The van der Waals surface area contributed by atoms with Gasteiger partial charge in [-0.15, -0.1) is 4.91 Å². The average Bonchev–Trinajstić information content (AvgIpc) is 1.82. The van der Waals surface area contributed by atoms with Crippen LogP contribution in [0.25, 0.3) is 0 Å². The lowest BCUT2D eigenvalue weighted by molar-refractivity contribution is -0.485. The Labute approximate surface area is 59.6 Å². The molecule has 0 unspecified atom stereocenters. The van der Waals surface area contributed by atoms with Crippen LogP contribution in [0.5, 0.6) is 0 Å². The Morgan fingerprint density at radius 1 is 2.00 bits per heavy atom. The molecule has 0 aliphatic carbocycles. The molecule has 8 heteroatoms. The van der Waals surface area contributed by atoms with Gasteiger partial charge in [0.1, 0.15) is 5.10 Å². The van der Waals surface area contributed by atoms with E-state index in [2.05, 4.69) is 5.10 Å². The second kappa shape index (κ2) is 3.33. The fraction of sp³-hybridized carbons (Fsp3) is 0.500. The lowest BCUT2D eigenvalue weighted by Gasteiger charge is -2.00. The molecule has 0 rings (SSSR count). The van der Waals surface area contributed by atoms with Crippen LogP contribution >= 0.6 is 0 Å². The van der Waals surface area contributed by atoms with Crippen LogP contribution in [0.4, 0.5) is 0 Å². The zero-order chi connectivity index (χ0) is 10.6. The molecule has 0 aliphatic rings. The van der Waals surface area contributed by atoms with Crippen LogP contribution in [0.2, 0.25) is 0 Å². The summed E-state index contributed by atoms with van der Waals surface area (Å²) < 4.78 is 19.9. The molecule has 0 spiro atoms. The highest BCUT2D eigenvalue weighted by molar-refractivity contribution is 5.76. The fourth-order valence-electron chi connectivity index (χ4n) is 0.168. The molecule has 0 amide bonds. The first-order chi connectivity index (χ1) is 5.79. The van der Waals surface area contributed by atoms with Crippen molar-refractivity contribution in [1.82, 2.24) is 5.01 Å². The Balaban J connectivity index is 4.80. The molecule has 0 heterocycles. The zero-order valence-corrected chi connectivity index (χ0v) is 4.59. The summed E-state index contributed by atoms with van der Waals surface area (Å²) in [6, 6.07) is 0. The number of hydrazone groups is 1. The van der Waals surface area contributed by atoms with E-state index in [-0.39, 0.29) is 5.01 Å². The van der Waals surface area contributed by atoms with E-state index in [1.54, 1.807) is 0 Å². The van der Waals surface area contributed by atoms with Crippen molar-refractivity contribution in [3.8, 4) is 0 Å². The maximum absolute atomic E-state index is 9.91. The van der Waals surface area contributed by atoms with E-state index >= 15 is 0 Å². The minimum absolute atomic E-state index is 0.268. The Bertz CT molecular complexity index is 248. The highest BCUT2D eigenvalue weighted by Crippen LogP contribution is 1.81. The molecule has 2 N–H and O–H groups in total. The van der Waals surface area contributed by atoms with Gasteiger partial charge in [0.2, 0.25) is 0 Å². The number of rotatable bonds is 2. The SMILES string of the molecule is [2H]C([2H])([2H])N(N=O)/C(N)=N/[N+](=O)[O-]. The summed E-state index contributed by atoms with van der Waals surface area (Å²) in [4.78, 5) is 19.6. The maximum atomic E-state index is 9.91. The quantitative estimate of drug-likeness (QED) is 0.180. The van der Waals surface area contributed by atoms with Gasteiger partial charge in [-0.3, -0.25) is 0 Å². The zero-order valence-electron chi connectivity index (χ0n) is 7.59. The van der Waals surface area contributed by atoms with Crippen molar-refractivity contribution in [2.45, 2.75) is 0 Å². The Morgan fingerprint density at radius 3 is 2.90 bits per heavy atom. The molecule has 0 saturated heterocycles. The molecule has 0 aromatic rings. The summed E-state index contributed by atoms with van der Waals surface area (Å²) in [6.07, 6.45) is 0. The van der Waals surface area contributed by atoms with Crippen molar-refractivity contribution in [3.63, 3.8) is 0 Å². The van der Waals surface area contributed by atoms with Crippen LogP contribution in [0, 0.1) is 15.0 Å². The Morgan fingerprint density at radius 2 is 2.60 bits per heavy atom. The Hall–Kier alpha value is -1.73. The second-order valence-electron chi connectivity index (χ2n) is 1.09. The molecule has 0 fully saturated rings. The molecule has 10 heavy (non-hydrogen) atoms. The van der Waals surface area contributed by atoms with E-state index in [0.29, 0.717) is 0 Å². The summed E-state index contributed by atoms with van der Waals surface area (Å²) in [5, 5.41) is 12.6. The predicted molar refractivity (Wildman–Crippen MR) is 32.2 cm³/mol. The first-order valence-corrected chi connectivity index (χ1v) is 1.91. The van der Waals surface area contributed by atoms with Gasteiger partial charge in [-0.05, 0) is 0 Å². The van der Waals surface area contributed by atoms with Gasteiger partial charge in [-0.1, -0.05) is 0 Å². The van der Waals surface area contributed by atoms with Gasteiger partial charge in [-0.2, -0.15) is 5.01 Å². The normalized spacial score (nSPS) is 16.4. The number of nitrogens with two attached hydrogens (primary N) is 1. The summed E-state index contributed by atoms with van der Waals surface area (Å²) in [5.74, 6) is -1.10. The number of guanidine groups is 1. The number of nitroso groups, excluding NO2 is 1. The molecule has 0 aliphatic heterocycles. The monoisotopic (exact) mass is 150 g/mol. The van der Waals surface area contributed by atoms with Crippen molar-refractivity contribution in [2.24, 2.45) is 16.1 Å². The summed E-state index contributed by atoms with van der Waals surface area (Å²) in [6.45, 7) is -2.98. The van der Waals surface area contributed by atoms with Crippen LogP contribution in [0.1, 0.15) is 4.11 Å². The van der Waals surface area contributed by atoms with Gasteiger partial charge < -0.3 is 5.73 Å². The standard InChI is InChI=1S/C2H5N5O3/c1-6(5-8)2(3)4-7(9)10/h1H3,(H2,3,4)/i1D3. The molecule has 0 aromatic carbocycles. The predicted octanol–water partition coefficient (Wildman–Crippen LogP) is -0.894. The number of hydrogen-bond donors (Lipinski definition) is 1. The lowest BCUT2D eigenvalue weighted by Crippen LogP contribution is -2.30. The van der Waals surface area contributed by atoms with Gasteiger partial charge >= 0.3 is 0 Å². The third-order valence-corrected chi connectivity index (χ3v) is 0.483. The number of hydrogen-bond acceptors (Lipinski definition) is 4. The van der Waals surface area contributed by atoms with Gasteiger partial charge in [0.15, 0.2) is 5.03 Å². The number of nitro groups is 1. The van der Waals surface area contributed by atoms with Crippen molar-refractivity contribution in [1.29, 1.82) is 0 Å². The van der Waals surface area contributed by atoms with E-state index in [1.807, 2.05) is 5.29 Å². The molecular weight excluding hydrogens is 142 g/mol. The van der Waals surface area contributed by atoms with Gasteiger partial charge in [0.05, 0.1) is 5.29 Å². The van der Waals surface area contributed by atoms with Crippen molar-refractivity contribution in [3.05, 3.63) is 15.0 Å². The summed E-state index contributed by atoms with van der Waals surface area (Å²) >= 11 is 0. The maximum Gasteiger partial charge on any atom is 0.291 e. The van der Waals surface area contributed by atoms with E-state index in [0.717, 1.165) is 0 Å². The highest BCUT2D eigenvalue weighted by Gasteiger charge is 2.04. The molecule has 56 valence electrons. The summed E-state index contributed by atoms with van der Waals surface area (Å²) in [7, 11) is 0. The minimum Gasteiger partial charge on any atom is -0.363 e. The molecule has 8 nitrogen and oxygen atoms in total. The smallest absolute Gasteiger partial charge is 0.291 e. The van der Waals surface area contributed by atoms with Crippen molar-refractivity contribution < 1.29 is 9.14 Å². The van der Waals surface area contributed by atoms with Crippen LogP contribution in [0.3, 0.4) is 0 Å². The molecule has 0 bridgehead atoms. The second-order valence-corrected chi connectivity index (χ2v) is 1.09. The van der Waals surface area contributed by atoms with Crippen LogP contribution in [0.15, 0.2) is 10.4 Å². The summed E-state index contributed by atoms with van der Waals surface area (Å²) in [5.41, 5.74) is 4.80. The fourth-order valence-corrected chi connectivity index (χ4v) is 0.168. The van der Waals surface area contributed by atoms with E-state index in [9.17, 15) is 15.0 Å². The minimum atomic E-state index is -2.98. The first kappa shape index (κ1) is 4.14. The highest BCUT2D eigenvalue weighted by atomic mass is 16.7. The molecule has 0 aromatic heterocycles. The first-order valence-electron chi connectivity index (χ1n) is 3.41. The molecule has 0 radical (unpaired) electrons. The van der Waals surface area contributed by atoms with Gasteiger partial charge in [-0.25, -0.2) is 10.1 Å². The number of nitrogens with zero attached hydrogens (tertiary/aromatic N) is 4. The van der Waals surface area contributed by atoms with Gasteiger partial charge in [0.25, 0.3) is 5.96 Å². The topological polar surface area (TPSA) is 114 Å². The molecular formula is C2H5N5O3. The van der Waals surface area contributed by atoms with E-state index < -0.39 is 18.0 Å². The average molecular weight is 150 g/mol. The van der Waals surface area contributed by atoms with Crippen molar-refractivity contribution in [2.75, 3.05) is 6.98 Å². The van der Waals surface area contributed by atoms with Crippen LogP contribution in [-0.2, 0) is 0 Å².